The van der Waals surface area contributed by atoms with E-state index < -0.39 is 54.0 Å². The molecule has 0 aromatic heterocycles. The second-order valence-electron chi connectivity index (χ2n) is 4.79. The molecule has 2 atom stereocenters. The van der Waals surface area contributed by atoms with Crippen LogP contribution < -0.4 is 0 Å². The highest BCUT2D eigenvalue weighted by molar-refractivity contribution is 5.77. The van der Waals surface area contributed by atoms with Gasteiger partial charge in [0.15, 0.2) is 0 Å². The SMILES string of the molecule is O=C(F)C(F)(OC(F)(C(F)(F)C(F)(F)F)C(F)(C(F)(F)F)C(F)(F)F)C(F)(F)F. The van der Waals surface area contributed by atoms with Crippen LogP contribution in [0.3, 0.4) is 0 Å². The van der Waals surface area contributed by atoms with Crippen molar-refractivity contribution in [3.05, 3.63) is 0 Å². The van der Waals surface area contributed by atoms with Gasteiger partial charge in [0.25, 0.3) is 0 Å². The van der Waals surface area contributed by atoms with Crippen LogP contribution >= 0.6 is 0 Å². The molecule has 0 radical (unpaired) electrons. The Morgan fingerprint density at radius 1 is 0.517 bits per heavy atom. The van der Waals surface area contributed by atoms with Crippen LogP contribution in [0, 0.1) is 0 Å². The second kappa shape index (κ2) is 6.69. The second-order valence-corrected chi connectivity index (χ2v) is 4.79. The summed E-state index contributed by atoms with van der Waals surface area (Å²) in [4.78, 5) is 9.93. The molecular weight excluding hydrogens is 482 g/mol. The standard InChI is InChI=1S/C9F18O2/c10-1(28)2(11,6(16,17)18)29-5(15,4(13,14)9(25,26)27)3(12,7(19,20)21)8(22,23)24. The minimum Gasteiger partial charge on any atom is -0.284 e. The van der Waals surface area contributed by atoms with E-state index in [4.69, 9.17) is 0 Å². The molecule has 0 fully saturated rings. The average Bonchev–Trinajstić information content (AvgIpc) is 2.40. The highest BCUT2D eigenvalue weighted by atomic mass is 19.4. The Balaban J connectivity index is 7.49. The van der Waals surface area contributed by atoms with Crippen molar-refractivity contribution in [3.8, 4) is 0 Å². The Kier molecular flexibility index (Phi) is 6.31. The average molecular weight is 482 g/mol. The summed E-state index contributed by atoms with van der Waals surface area (Å²) < 4.78 is 228. The van der Waals surface area contributed by atoms with Crippen molar-refractivity contribution in [1.29, 1.82) is 0 Å². The number of carbonyl (C=O) groups is 1. The molecule has 0 aromatic carbocycles. The predicted octanol–water partition coefficient (Wildman–Crippen LogP) is 5.42. The zero-order chi connectivity index (χ0) is 24.3. The highest BCUT2D eigenvalue weighted by Crippen LogP contribution is 2.63. The minimum atomic E-state index is -8.80. The first kappa shape index (κ1) is 27.4. The van der Waals surface area contributed by atoms with Gasteiger partial charge in [-0.05, 0) is 0 Å². The third kappa shape index (κ3) is 3.78. The molecule has 0 heterocycles. The van der Waals surface area contributed by atoms with Gasteiger partial charge >= 0.3 is 54.0 Å². The molecule has 0 aliphatic rings. The van der Waals surface area contributed by atoms with Crippen molar-refractivity contribution in [2.24, 2.45) is 0 Å². The van der Waals surface area contributed by atoms with Crippen LogP contribution in [-0.4, -0.2) is 54.0 Å². The summed E-state index contributed by atoms with van der Waals surface area (Å²) >= 11 is 0. The van der Waals surface area contributed by atoms with Gasteiger partial charge in [-0.2, -0.15) is 70.2 Å². The molecule has 2 nitrogen and oxygen atoms in total. The number of rotatable bonds is 5. The Morgan fingerprint density at radius 2 is 0.828 bits per heavy atom. The monoisotopic (exact) mass is 482 g/mol. The van der Waals surface area contributed by atoms with Crippen molar-refractivity contribution >= 4 is 6.04 Å². The van der Waals surface area contributed by atoms with Gasteiger partial charge in [-0.3, -0.25) is 9.53 Å². The molecule has 0 aliphatic carbocycles. The summed E-state index contributed by atoms with van der Waals surface area (Å²) in [7, 11) is 0. The van der Waals surface area contributed by atoms with E-state index in [9.17, 15) is 83.8 Å². The first-order valence-corrected chi connectivity index (χ1v) is 5.76. The maximum absolute atomic E-state index is 13.9. The highest BCUT2D eigenvalue weighted by Gasteiger charge is 2.95. The number of alkyl halides is 17. The van der Waals surface area contributed by atoms with E-state index in [1.165, 1.54) is 4.74 Å². The lowest BCUT2D eigenvalue weighted by Crippen LogP contribution is -2.78. The lowest BCUT2D eigenvalue weighted by atomic mass is 9.88. The Hall–Kier alpha value is -1.63. The molecule has 2 unspecified atom stereocenters. The fourth-order valence-electron chi connectivity index (χ4n) is 1.46. The van der Waals surface area contributed by atoms with Crippen LogP contribution in [0.4, 0.5) is 79.0 Å². The quantitative estimate of drug-likeness (QED) is 0.387. The maximum atomic E-state index is 13.9. The van der Waals surface area contributed by atoms with E-state index in [-0.39, 0.29) is 0 Å². The molecule has 174 valence electrons. The van der Waals surface area contributed by atoms with E-state index in [2.05, 4.69) is 0 Å². The van der Waals surface area contributed by atoms with Crippen molar-refractivity contribution in [2.75, 3.05) is 0 Å². The maximum Gasteiger partial charge on any atom is 0.459 e. The van der Waals surface area contributed by atoms with E-state index in [0.29, 0.717) is 0 Å². The molecule has 0 bridgehead atoms. The number of halogens is 18. The van der Waals surface area contributed by atoms with E-state index in [1.54, 1.807) is 0 Å². The largest absolute Gasteiger partial charge is 0.459 e. The topological polar surface area (TPSA) is 26.3 Å². The van der Waals surface area contributed by atoms with Gasteiger partial charge in [0.2, 0.25) is 0 Å². The summed E-state index contributed by atoms with van der Waals surface area (Å²) in [6.45, 7) is 0. The Bertz CT molecular complexity index is 609. The van der Waals surface area contributed by atoms with Gasteiger partial charge < -0.3 is 0 Å². The van der Waals surface area contributed by atoms with Gasteiger partial charge in [-0.25, -0.2) is 8.78 Å². The van der Waals surface area contributed by atoms with E-state index >= 15 is 0 Å². The molecule has 0 saturated carbocycles. The molecule has 0 aliphatic heterocycles. The smallest absolute Gasteiger partial charge is 0.284 e. The van der Waals surface area contributed by atoms with Crippen molar-refractivity contribution < 1.29 is 88.6 Å². The van der Waals surface area contributed by atoms with Crippen molar-refractivity contribution in [1.82, 2.24) is 0 Å². The zero-order valence-corrected chi connectivity index (χ0v) is 12.1. The van der Waals surface area contributed by atoms with Gasteiger partial charge in [0.05, 0.1) is 0 Å². The van der Waals surface area contributed by atoms with Crippen LogP contribution in [0.15, 0.2) is 0 Å². The predicted molar refractivity (Wildman–Crippen MR) is 47.9 cm³/mol. The molecule has 0 rings (SSSR count). The summed E-state index contributed by atoms with van der Waals surface area (Å²) in [5.74, 6) is -25.1. The number of carbonyl (C=O) groups excluding carboxylic acids is 1. The molecule has 0 saturated heterocycles. The summed E-state index contributed by atoms with van der Waals surface area (Å²) in [6, 6.07) is -5.04. The normalized spacial score (nSPS) is 19.5. The van der Waals surface area contributed by atoms with Gasteiger partial charge in [-0.1, -0.05) is 0 Å². The molecule has 0 spiro atoms. The zero-order valence-electron chi connectivity index (χ0n) is 12.1. The van der Waals surface area contributed by atoms with Crippen LogP contribution in [0.1, 0.15) is 0 Å². The first-order valence-electron chi connectivity index (χ1n) is 5.76. The van der Waals surface area contributed by atoms with Gasteiger partial charge in [0, 0.05) is 0 Å². The Morgan fingerprint density at radius 3 is 1.00 bits per heavy atom. The van der Waals surface area contributed by atoms with Crippen LogP contribution in [-0.2, 0) is 9.53 Å². The third-order valence-corrected chi connectivity index (χ3v) is 2.88. The van der Waals surface area contributed by atoms with E-state index in [1.807, 2.05) is 0 Å². The first-order chi connectivity index (χ1) is 12.2. The number of hydrogen-bond acceptors (Lipinski definition) is 2. The fourth-order valence-corrected chi connectivity index (χ4v) is 1.46. The lowest BCUT2D eigenvalue weighted by Gasteiger charge is -2.45. The number of ether oxygens (including phenoxy) is 1. The summed E-state index contributed by atoms with van der Waals surface area (Å²) in [6.07, 6.45) is -32.6. The summed E-state index contributed by atoms with van der Waals surface area (Å²) in [5, 5.41) is 0. The molecular formula is C9F18O2. The van der Waals surface area contributed by atoms with Gasteiger partial charge in [0.1, 0.15) is 0 Å². The summed E-state index contributed by atoms with van der Waals surface area (Å²) in [5.41, 5.74) is -8.79. The number of hydrogen-bond donors (Lipinski definition) is 0. The van der Waals surface area contributed by atoms with E-state index in [0.717, 1.165) is 0 Å². The molecule has 0 N–H and O–H groups in total. The lowest BCUT2D eigenvalue weighted by molar-refractivity contribution is -0.510. The molecule has 0 amide bonds. The van der Waals surface area contributed by atoms with Crippen molar-refractivity contribution in [2.45, 2.75) is 48.0 Å². The molecule has 20 heteroatoms. The van der Waals surface area contributed by atoms with Gasteiger partial charge in [-0.15, -0.1) is 0 Å². The Labute approximate surface area is 144 Å². The third-order valence-electron chi connectivity index (χ3n) is 2.88. The van der Waals surface area contributed by atoms with Crippen LogP contribution in [0.5, 0.6) is 0 Å². The molecule has 29 heavy (non-hydrogen) atoms. The molecule has 0 aromatic rings. The van der Waals surface area contributed by atoms with Crippen LogP contribution in [0.25, 0.3) is 0 Å². The van der Waals surface area contributed by atoms with Crippen LogP contribution in [0.2, 0.25) is 0 Å². The minimum absolute atomic E-state index is 1.19. The van der Waals surface area contributed by atoms with Crippen molar-refractivity contribution in [3.63, 3.8) is 0 Å². The fraction of sp³-hybridized carbons (Fsp3) is 0.889.